The lowest BCUT2D eigenvalue weighted by Gasteiger charge is -2.38. The van der Waals surface area contributed by atoms with Crippen LogP contribution < -0.4 is 5.32 Å². The van der Waals surface area contributed by atoms with Crippen LogP contribution in [0.3, 0.4) is 0 Å². The van der Waals surface area contributed by atoms with Crippen LogP contribution in [0.4, 0.5) is 8.78 Å². The van der Waals surface area contributed by atoms with Crippen molar-refractivity contribution in [2.24, 2.45) is 5.92 Å². The maximum atomic E-state index is 14.4. The van der Waals surface area contributed by atoms with E-state index in [2.05, 4.69) is 15.4 Å². The number of aliphatic hydroxyl groups is 1. The first-order valence-electron chi connectivity index (χ1n) is 7.74. The van der Waals surface area contributed by atoms with E-state index in [0.29, 0.717) is 0 Å². The molecule has 2 N–H and O–H groups in total. The zero-order chi connectivity index (χ0) is 16.4. The average molecular weight is 322 g/mol. The van der Waals surface area contributed by atoms with Gasteiger partial charge in [-0.1, -0.05) is 13.0 Å². The molecule has 0 amide bonds. The predicted molar refractivity (Wildman–Crippen MR) is 80.5 cm³/mol. The van der Waals surface area contributed by atoms with E-state index in [1.165, 1.54) is 29.5 Å². The van der Waals surface area contributed by atoms with Crippen LogP contribution >= 0.6 is 0 Å². The topological polar surface area (TPSA) is 63.0 Å². The number of hydrogen-bond acceptors (Lipinski definition) is 4. The van der Waals surface area contributed by atoms with E-state index >= 15 is 0 Å². The fourth-order valence-electron chi connectivity index (χ4n) is 3.35. The molecule has 3 unspecified atom stereocenters. The van der Waals surface area contributed by atoms with Crippen LogP contribution in [-0.4, -0.2) is 32.5 Å². The molecule has 2 heterocycles. The Hall–Kier alpha value is -1.86. The quantitative estimate of drug-likeness (QED) is 0.882. The molecule has 0 spiro atoms. The van der Waals surface area contributed by atoms with Crippen molar-refractivity contribution in [3.05, 3.63) is 48.1 Å². The Labute approximate surface area is 133 Å². The van der Waals surface area contributed by atoms with E-state index in [-0.39, 0.29) is 24.1 Å². The van der Waals surface area contributed by atoms with Crippen molar-refractivity contribution in [2.45, 2.75) is 38.0 Å². The summed E-state index contributed by atoms with van der Waals surface area (Å²) in [6.07, 6.45) is 4.76. The van der Waals surface area contributed by atoms with Crippen molar-refractivity contribution in [2.75, 3.05) is 6.54 Å². The lowest BCUT2D eigenvalue weighted by molar-refractivity contribution is -0.0500. The summed E-state index contributed by atoms with van der Waals surface area (Å²) in [5.74, 6) is -1.70. The Balaban J connectivity index is 2.00. The highest BCUT2D eigenvalue weighted by atomic mass is 19.1. The molecule has 2 aromatic rings. The molecule has 3 atom stereocenters. The number of benzene rings is 1. The van der Waals surface area contributed by atoms with E-state index in [4.69, 9.17) is 0 Å². The van der Waals surface area contributed by atoms with Crippen LogP contribution in [0.25, 0.3) is 0 Å². The second-order valence-electron chi connectivity index (χ2n) is 6.13. The maximum absolute atomic E-state index is 14.4. The van der Waals surface area contributed by atoms with Gasteiger partial charge in [-0.3, -0.25) is 0 Å². The van der Waals surface area contributed by atoms with Crippen molar-refractivity contribution in [3.8, 4) is 0 Å². The van der Waals surface area contributed by atoms with E-state index in [0.717, 1.165) is 25.5 Å². The Morgan fingerprint density at radius 3 is 2.91 bits per heavy atom. The van der Waals surface area contributed by atoms with E-state index < -0.39 is 17.2 Å². The van der Waals surface area contributed by atoms with Gasteiger partial charge in [0.05, 0.1) is 6.54 Å². The molecule has 1 aliphatic heterocycles. The zero-order valence-electron chi connectivity index (χ0n) is 12.9. The Bertz CT molecular complexity index is 658. The van der Waals surface area contributed by atoms with Crippen LogP contribution in [0.2, 0.25) is 0 Å². The minimum Gasteiger partial charge on any atom is -0.383 e. The molecule has 0 aliphatic carbocycles. The third-order valence-electron chi connectivity index (χ3n) is 4.72. The number of halogens is 2. The first-order chi connectivity index (χ1) is 11.0. The van der Waals surface area contributed by atoms with Crippen molar-refractivity contribution in [3.63, 3.8) is 0 Å². The predicted octanol–water partition coefficient (Wildman–Crippen LogP) is 1.83. The SMILES string of the molecule is CC(C1CCCN1)C(O)(Cn1cncn1)c1ccc(F)cc1F. The molecule has 3 rings (SSSR count). The Morgan fingerprint density at radius 1 is 1.48 bits per heavy atom. The molecular weight excluding hydrogens is 302 g/mol. The van der Waals surface area contributed by atoms with Crippen LogP contribution in [0, 0.1) is 17.6 Å². The molecule has 0 bridgehead atoms. The first-order valence-corrected chi connectivity index (χ1v) is 7.74. The van der Waals surface area contributed by atoms with Crippen molar-refractivity contribution < 1.29 is 13.9 Å². The van der Waals surface area contributed by atoms with Gasteiger partial charge in [0.15, 0.2) is 0 Å². The highest BCUT2D eigenvalue weighted by Gasteiger charge is 2.43. The third kappa shape index (κ3) is 3.11. The summed E-state index contributed by atoms with van der Waals surface area (Å²) >= 11 is 0. The highest BCUT2D eigenvalue weighted by Crippen LogP contribution is 2.37. The molecule has 124 valence electrons. The van der Waals surface area contributed by atoms with Crippen molar-refractivity contribution in [1.29, 1.82) is 0 Å². The van der Waals surface area contributed by atoms with Gasteiger partial charge >= 0.3 is 0 Å². The minimum atomic E-state index is -1.52. The Kier molecular flexibility index (Phi) is 4.41. The van der Waals surface area contributed by atoms with Gasteiger partial charge in [-0.05, 0) is 25.5 Å². The van der Waals surface area contributed by atoms with Gasteiger partial charge < -0.3 is 10.4 Å². The standard InChI is InChI=1S/C16H20F2N4O/c1-11(15-3-2-6-20-15)16(23,8-22-10-19-9-21-22)13-5-4-12(17)7-14(13)18/h4-5,7,9-11,15,20,23H,2-3,6,8H2,1H3. The van der Waals surface area contributed by atoms with Crippen molar-refractivity contribution in [1.82, 2.24) is 20.1 Å². The first kappa shape index (κ1) is 16.0. The molecule has 0 radical (unpaired) electrons. The summed E-state index contributed by atoms with van der Waals surface area (Å²) in [7, 11) is 0. The molecule has 0 saturated carbocycles. The summed E-state index contributed by atoms with van der Waals surface area (Å²) in [6.45, 7) is 2.80. The molecule has 23 heavy (non-hydrogen) atoms. The average Bonchev–Trinajstić information content (AvgIpc) is 3.19. The minimum absolute atomic E-state index is 0.0505. The van der Waals surface area contributed by atoms with Crippen molar-refractivity contribution >= 4 is 0 Å². The number of nitrogens with one attached hydrogen (secondary N) is 1. The van der Waals surface area contributed by atoms with Crippen LogP contribution in [0.5, 0.6) is 0 Å². The summed E-state index contributed by atoms with van der Waals surface area (Å²) in [4.78, 5) is 3.86. The second kappa shape index (κ2) is 6.33. The summed E-state index contributed by atoms with van der Waals surface area (Å²) in [6, 6.07) is 3.34. The smallest absolute Gasteiger partial charge is 0.137 e. The third-order valence-corrected chi connectivity index (χ3v) is 4.72. The number of nitrogens with zero attached hydrogens (tertiary/aromatic N) is 3. The number of hydrogen-bond donors (Lipinski definition) is 2. The fourth-order valence-corrected chi connectivity index (χ4v) is 3.35. The monoisotopic (exact) mass is 322 g/mol. The molecule has 1 aromatic carbocycles. The van der Waals surface area contributed by atoms with Gasteiger partial charge in [0.2, 0.25) is 0 Å². The summed E-state index contributed by atoms with van der Waals surface area (Å²) in [5.41, 5.74) is -1.44. The molecule has 1 saturated heterocycles. The molecule has 5 nitrogen and oxygen atoms in total. The fraction of sp³-hybridized carbons (Fsp3) is 0.500. The van der Waals surface area contributed by atoms with Gasteiger partial charge in [0, 0.05) is 23.6 Å². The number of aromatic nitrogens is 3. The maximum Gasteiger partial charge on any atom is 0.137 e. The lowest BCUT2D eigenvalue weighted by atomic mass is 9.77. The van der Waals surface area contributed by atoms with Gasteiger partial charge in [-0.15, -0.1) is 0 Å². The normalized spacial score (nSPS) is 22.0. The second-order valence-corrected chi connectivity index (χ2v) is 6.13. The van der Waals surface area contributed by atoms with E-state index in [1.54, 1.807) is 0 Å². The highest BCUT2D eigenvalue weighted by molar-refractivity contribution is 5.26. The van der Waals surface area contributed by atoms with Crippen LogP contribution in [-0.2, 0) is 12.1 Å². The van der Waals surface area contributed by atoms with Gasteiger partial charge in [-0.25, -0.2) is 18.4 Å². The molecule has 1 aromatic heterocycles. The van der Waals surface area contributed by atoms with Gasteiger partial charge in [0.25, 0.3) is 0 Å². The number of rotatable bonds is 5. The zero-order valence-corrected chi connectivity index (χ0v) is 12.9. The molecule has 1 fully saturated rings. The van der Waals surface area contributed by atoms with Crippen LogP contribution in [0.15, 0.2) is 30.9 Å². The molecule has 1 aliphatic rings. The summed E-state index contributed by atoms with van der Waals surface area (Å²) < 4.78 is 29.1. The van der Waals surface area contributed by atoms with E-state index in [1.807, 2.05) is 6.92 Å². The van der Waals surface area contributed by atoms with Gasteiger partial charge in [0.1, 0.15) is 29.9 Å². The summed E-state index contributed by atoms with van der Waals surface area (Å²) in [5, 5.41) is 18.7. The van der Waals surface area contributed by atoms with Gasteiger partial charge in [-0.2, -0.15) is 5.10 Å². The lowest BCUT2D eigenvalue weighted by Crippen LogP contribution is -2.47. The Morgan fingerprint density at radius 2 is 2.30 bits per heavy atom. The molecule has 7 heteroatoms. The van der Waals surface area contributed by atoms with E-state index in [9.17, 15) is 13.9 Å². The molecular formula is C16H20F2N4O. The van der Waals surface area contributed by atoms with Crippen LogP contribution in [0.1, 0.15) is 25.3 Å². The largest absolute Gasteiger partial charge is 0.383 e.